The molecule has 0 radical (unpaired) electrons. The minimum Gasteiger partial charge on any atom is -0.354 e. The van der Waals surface area contributed by atoms with Gasteiger partial charge in [-0.2, -0.15) is 10.1 Å². The summed E-state index contributed by atoms with van der Waals surface area (Å²) in [6.45, 7) is 1.58. The molecule has 2 heterocycles. The van der Waals surface area contributed by atoms with Gasteiger partial charge in [0.1, 0.15) is 14.0 Å². The molecule has 4 rings (SSSR count). The minimum absolute atomic E-state index is 0.231. The van der Waals surface area contributed by atoms with Crippen LogP contribution in [0.3, 0.4) is 0 Å². The molecule has 0 saturated heterocycles. The summed E-state index contributed by atoms with van der Waals surface area (Å²) in [7, 11) is -3.67. The zero-order valence-corrected chi connectivity index (χ0v) is 20.1. The third-order valence-corrected chi connectivity index (χ3v) is 7.58. The van der Waals surface area contributed by atoms with Crippen molar-refractivity contribution >= 4 is 60.0 Å². The molecule has 174 valence electrons. The Kier molecular flexibility index (Phi) is 7.28. The van der Waals surface area contributed by atoms with Crippen molar-refractivity contribution in [1.29, 1.82) is 0 Å². The highest BCUT2D eigenvalue weighted by molar-refractivity contribution is 7.86. The molecule has 1 aliphatic heterocycles. The first-order chi connectivity index (χ1) is 16.3. The van der Waals surface area contributed by atoms with Crippen LogP contribution in [-0.2, 0) is 15.8 Å². The van der Waals surface area contributed by atoms with Crippen LogP contribution in [0.25, 0.3) is 0 Å². The number of hydrazone groups is 1. The molecule has 0 spiro atoms. The quantitative estimate of drug-likeness (QED) is 0.323. The van der Waals surface area contributed by atoms with Gasteiger partial charge in [-0.05, 0) is 61.5 Å². The molecular weight excluding hydrogens is 499 g/mol. The van der Waals surface area contributed by atoms with Gasteiger partial charge in [0.2, 0.25) is 5.95 Å². The third-order valence-electron chi connectivity index (χ3n) is 4.69. The number of carbonyl (C=O) groups is 2. The van der Waals surface area contributed by atoms with Crippen LogP contribution < -0.4 is 9.81 Å². The van der Waals surface area contributed by atoms with Crippen LogP contribution in [0, 0.1) is 0 Å². The highest BCUT2D eigenvalue weighted by Gasteiger charge is 2.42. The molecular formula is C21H18ClN6O4PS. The summed E-state index contributed by atoms with van der Waals surface area (Å²) in [6, 6.07) is 14.2. The molecule has 13 heteroatoms. The van der Waals surface area contributed by atoms with E-state index in [1.165, 1.54) is 24.5 Å². The lowest BCUT2D eigenvalue weighted by molar-refractivity contribution is -0.125. The number of carbonyl (C=O) groups excluding carboxylic acids is 2. The lowest BCUT2D eigenvalue weighted by Crippen LogP contribution is -2.35. The molecule has 3 N–H and O–H groups in total. The Morgan fingerprint density at radius 3 is 2.41 bits per heavy atom. The van der Waals surface area contributed by atoms with Gasteiger partial charge in [-0.25, -0.2) is 14.2 Å². The average molecular weight is 517 g/mol. The van der Waals surface area contributed by atoms with Gasteiger partial charge in [0.05, 0.1) is 10.6 Å². The van der Waals surface area contributed by atoms with Crippen LogP contribution in [-0.4, -0.2) is 47.3 Å². The van der Waals surface area contributed by atoms with E-state index in [1.807, 2.05) is 0 Å². The normalized spacial score (nSPS) is 17.1. The van der Waals surface area contributed by atoms with E-state index in [4.69, 9.17) is 11.6 Å². The molecule has 3 unspecified atom stereocenters. The Balaban J connectivity index is 1.40. The fourth-order valence-electron chi connectivity index (χ4n) is 3.04. The van der Waals surface area contributed by atoms with Gasteiger partial charge in [-0.1, -0.05) is 11.6 Å². The smallest absolute Gasteiger partial charge is 0.281 e. The molecule has 10 nitrogen and oxygen atoms in total. The maximum absolute atomic E-state index is 12.9. The second kappa shape index (κ2) is 10.4. The number of benzene rings is 2. The van der Waals surface area contributed by atoms with E-state index in [2.05, 4.69) is 24.9 Å². The molecule has 3 aromatic rings. The molecule has 0 aliphatic carbocycles. The molecule has 34 heavy (non-hydrogen) atoms. The number of imide groups is 1. The number of anilines is 2. The van der Waals surface area contributed by atoms with Gasteiger partial charge < -0.3 is 9.98 Å². The number of hydrogen-bond acceptors (Lipinski definition) is 8. The first-order valence-corrected chi connectivity index (χ1v) is 12.7. The van der Waals surface area contributed by atoms with Crippen molar-refractivity contribution < 1.29 is 18.7 Å². The summed E-state index contributed by atoms with van der Waals surface area (Å²) >= 11 is 5.85. The number of nitrogens with zero attached hydrogens (tertiary/aromatic N) is 4. The van der Waals surface area contributed by atoms with Crippen molar-refractivity contribution in [2.75, 3.05) is 9.81 Å². The largest absolute Gasteiger partial charge is 0.354 e. The van der Waals surface area contributed by atoms with E-state index in [-0.39, 0.29) is 11.5 Å². The van der Waals surface area contributed by atoms with Gasteiger partial charge in [-0.15, -0.1) is 0 Å². The number of halogens is 1. The van der Waals surface area contributed by atoms with E-state index in [1.54, 1.807) is 49.4 Å². The van der Waals surface area contributed by atoms with Crippen LogP contribution in [0.4, 0.5) is 11.6 Å². The SMILES string of the molecule is CC1=NN(C(=O)c2ccc(Cl)cc2)C(=O)C1P(O)Nc1ccc(S(=O)Nc2ncccn2)cc1. The second-order valence-electron chi connectivity index (χ2n) is 7.03. The average Bonchev–Trinajstić information content (AvgIpc) is 3.14. The van der Waals surface area contributed by atoms with Crippen molar-refractivity contribution in [3.05, 3.63) is 77.6 Å². The lowest BCUT2D eigenvalue weighted by atomic mass is 10.2. The van der Waals surface area contributed by atoms with Crippen LogP contribution >= 0.6 is 19.9 Å². The van der Waals surface area contributed by atoms with Crippen LogP contribution in [0.5, 0.6) is 0 Å². The maximum atomic E-state index is 12.9. The molecule has 2 aromatic carbocycles. The summed E-state index contributed by atoms with van der Waals surface area (Å²) in [4.78, 5) is 44.7. The number of hydrogen-bond donors (Lipinski definition) is 3. The molecule has 1 aromatic heterocycles. The molecule has 0 fully saturated rings. The standard InChI is InChI=1S/C21H18ClN6O4PS/c1-13-18(20(30)28(25-13)19(29)14-3-5-15(22)6-4-14)33(31)26-16-7-9-17(10-8-16)34(32)27-21-23-11-2-12-24-21/h2-12,18,26,31H,1H3,(H,23,24,27). The van der Waals surface area contributed by atoms with E-state index in [0.29, 0.717) is 21.3 Å². The van der Waals surface area contributed by atoms with Gasteiger partial charge >= 0.3 is 0 Å². The number of amides is 2. The summed E-state index contributed by atoms with van der Waals surface area (Å²) in [5.74, 6) is -0.994. The Bertz CT molecular complexity index is 1260. The predicted octanol–water partition coefficient (Wildman–Crippen LogP) is 3.41. The third kappa shape index (κ3) is 5.28. The highest BCUT2D eigenvalue weighted by Crippen LogP contribution is 2.41. The van der Waals surface area contributed by atoms with Crippen molar-refractivity contribution in [1.82, 2.24) is 15.0 Å². The zero-order chi connectivity index (χ0) is 24.2. The molecule has 2 amide bonds. The van der Waals surface area contributed by atoms with Gasteiger partial charge in [0, 0.05) is 28.7 Å². The highest BCUT2D eigenvalue weighted by atomic mass is 35.5. The van der Waals surface area contributed by atoms with Gasteiger partial charge in [0.15, 0.2) is 11.0 Å². The van der Waals surface area contributed by atoms with Crippen LogP contribution in [0.1, 0.15) is 17.3 Å². The zero-order valence-electron chi connectivity index (χ0n) is 17.6. The van der Waals surface area contributed by atoms with Crippen molar-refractivity contribution in [3.63, 3.8) is 0 Å². The summed E-state index contributed by atoms with van der Waals surface area (Å²) in [5.41, 5.74) is 0.0897. The summed E-state index contributed by atoms with van der Waals surface area (Å²) < 4.78 is 15.1. The monoisotopic (exact) mass is 516 g/mol. The van der Waals surface area contributed by atoms with E-state index in [9.17, 15) is 18.7 Å². The van der Waals surface area contributed by atoms with Crippen molar-refractivity contribution in [2.45, 2.75) is 17.5 Å². The van der Waals surface area contributed by atoms with Gasteiger partial charge in [-0.3, -0.25) is 14.3 Å². The minimum atomic E-state index is -2.08. The predicted molar refractivity (Wildman–Crippen MR) is 131 cm³/mol. The topological polar surface area (TPSA) is 137 Å². The fourth-order valence-corrected chi connectivity index (χ4v) is 5.21. The van der Waals surface area contributed by atoms with Gasteiger partial charge in [0.25, 0.3) is 11.8 Å². The van der Waals surface area contributed by atoms with E-state index < -0.39 is 36.8 Å². The van der Waals surface area contributed by atoms with E-state index in [0.717, 1.165) is 5.01 Å². The second-order valence-corrected chi connectivity index (χ2v) is 10.1. The number of rotatable bonds is 7. The Morgan fingerprint density at radius 1 is 1.12 bits per heavy atom. The first-order valence-electron chi connectivity index (χ1n) is 9.83. The summed E-state index contributed by atoms with van der Waals surface area (Å²) in [6.07, 6.45) is 3.06. The summed E-state index contributed by atoms with van der Waals surface area (Å²) in [5, 5.41) is 8.18. The first kappa shape index (κ1) is 23.9. The van der Waals surface area contributed by atoms with Crippen molar-refractivity contribution in [2.24, 2.45) is 5.10 Å². The molecule has 1 aliphatic rings. The fraction of sp³-hybridized carbons (Fsp3) is 0.0952. The van der Waals surface area contributed by atoms with Crippen LogP contribution in [0.2, 0.25) is 5.02 Å². The van der Waals surface area contributed by atoms with Crippen LogP contribution in [0.15, 0.2) is 77.0 Å². The number of aromatic nitrogens is 2. The molecule has 3 atom stereocenters. The Labute approximate surface area is 203 Å². The molecule has 0 bridgehead atoms. The Morgan fingerprint density at radius 2 is 1.76 bits per heavy atom. The Hall–Kier alpha value is -3.24. The lowest BCUT2D eigenvalue weighted by Gasteiger charge is -2.19. The number of nitrogens with one attached hydrogen (secondary N) is 2. The van der Waals surface area contributed by atoms with E-state index >= 15 is 0 Å². The maximum Gasteiger partial charge on any atom is 0.281 e. The van der Waals surface area contributed by atoms with Crippen molar-refractivity contribution in [3.8, 4) is 0 Å². The molecule has 0 saturated carbocycles.